The lowest BCUT2D eigenvalue weighted by molar-refractivity contribution is -0.244. The smallest absolute Gasteiger partial charge is 0.0703 e. The number of ether oxygens (including phenoxy) is 1. The Morgan fingerprint density at radius 1 is 1.45 bits per heavy atom. The van der Waals surface area contributed by atoms with Gasteiger partial charge < -0.3 is 9.84 Å². The molecule has 64 valence electrons. The molecular formula is C9H16O2. The standard InChI is InChI=1S/C9H16O2/c1-9(2)7(10)6-4-3-5-11-8(6)9/h6-8,10H,3-5H2,1-2H3. The molecule has 2 aliphatic rings. The third kappa shape index (κ3) is 0.859. The third-order valence-corrected chi connectivity index (χ3v) is 3.27. The molecule has 2 heteroatoms. The van der Waals surface area contributed by atoms with Crippen LogP contribution in [0.1, 0.15) is 26.7 Å². The Hall–Kier alpha value is -0.0800. The molecule has 1 N–H and O–H groups in total. The molecule has 1 aliphatic carbocycles. The SMILES string of the molecule is CC1(C)C(O)C2CCCOC21. The Morgan fingerprint density at radius 2 is 2.18 bits per heavy atom. The van der Waals surface area contributed by atoms with Crippen molar-refractivity contribution in [2.45, 2.75) is 38.9 Å². The number of aliphatic hydroxyl groups is 1. The molecular weight excluding hydrogens is 140 g/mol. The average molecular weight is 156 g/mol. The van der Waals surface area contributed by atoms with Gasteiger partial charge in [0.1, 0.15) is 0 Å². The molecule has 0 amide bonds. The van der Waals surface area contributed by atoms with Crippen LogP contribution in [0.5, 0.6) is 0 Å². The first-order valence-corrected chi connectivity index (χ1v) is 4.43. The van der Waals surface area contributed by atoms with Gasteiger partial charge in [-0.25, -0.2) is 0 Å². The summed E-state index contributed by atoms with van der Waals surface area (Å²) in [6.45, 7) is 5.06. The number of hydrogen-bond donors (Lipinski definition) is 1. The molecule has 0 spiro atoms. The summed E-state index contributed by atoms with van der Waals surface area (Å²) in [7, 11) is 0. The van der Waals surface area contributed by atoms with Gasteiger partial charge in [0.25, 0.3) is 0 Å². The van der Waals surface area contributed by atoms with Crippen molar-refractivity contribution in [3.05, 3.63) is 0 Å². The average Bonchev–Trinajstić information content (AvgIpc) is 2.04. The van der Waals surface area contributed by atoms with Gasteiger partial charge in [0.05, 0.1) is 12.2 Å². The predicted molar refractivity (Wildman–Crippen MR) is 42.3 cm³/mol. The van der Waals surface area contributed by atoms with Crippen LogP contribution < -0.4 is 0 Å². The van der Waals surface area contributed by atoms with Gasteiger partial charge in [-0.05, 0) is 12.8 Å². The minimum atomic E-state index is -0.132. The van der Waals surface area contributed by atoms with Crippen LogP contribution in [0.3, 0.4) is 0 Å². The van der Waals surface area contributed by atoms with E-state index in [9.17, 15) is 5.11 Å². The summed E-state index contributed by atoms with van der Waals surface area (Å²) in [4.78, 5) is 0. The summed E-state index contributed by atoms with van der Waals surface area (Å²) >= 11 is 0. The van der Waals surface area contributed by atoms with E-state index in [0.717, 1.165) is 19.4 Å². The fraction of sp³-hybridized carbons (Fsp3) is 1.00. The van der Waals surface area contributed by atoms with E-state index in [4.69, 9.17) is 4.74 Å². The zero-order valence-corrected chi connectivity index (χ0v) is 7.21. The molecule has 1 aliphatic heterocycles. The molecule has 2 rings (SSSR count). The highest BCUT2D eigenvalue weighted by molar-refractivity contribution is 5.06. The summed E-state index contributed by atoms with van der Waals surface area (Å²) in [5.41, 5.74) is 0.00505. The van der Waals surface area contributed by atoms with Crippen molar-refractivity contribution in [1.29, 1.82) is 0 Å². The number of rotatable bonds is 0. The largest absolute Gasteiger partial charge is 0.392 e. The molecule has 11 heavy (non-hydrogen) atoms. The summed E-state index contributed by atoms with van der Waals surface area (Å²) in [6, 6.07) is 0. The molecule has 0 aromatic heterocycles. The van der Waals surface area contributed by atoms with Crippen molar-refractivity contribution >= 4 is 0 Å². The highest BCUT2D eigenvalue weighted by atomic mass is 16.5. The van der Waals surface area contributed by atoms with E-state index >= 15 is 0 Å². The van der Waals surface area contributed by atoms with E-state index in [2.05, 4.69) is 13.8 Å². The summed E-state index contributed by atoms with van der Waals surface area (Å²) < 4.78 is 5.60. The van der Waals surface area contributed by atoms with Gasteiger partial charge in [-0.1, -0.05) is 13.8 Å². The third-order valence-electron chi connectivity index (χ3n) is 3.27. The Kier molecular flexibility index (Phi) is 1.52. The minimum Gasteiger partial charge on any atom is -0.392 e. The Balaban J connectivity index is 2.09. The molecule has 1 heterocycles. The van der Waals surface area contributed by atoms with Crippen molar-refractivity contribution < 1.29 is 9.84 Å². The van der Waals surface area contributed by atoms with Gasteiger partial charge in [0, 0.05) is 17.9 Å². The normalized spacial score (nSPS) is 47.7. The molecule has 0 aromatic carbocycles. The lowest BCUT2D eigenvalue weighted by atomic mass is 9.57. The fourth-order valence-electron chi connectivity index (χ4n) is 2.50. The van der Waals surface area contributed by atoms with Crippen LogP contribution in [0.25, 0.3) is 0 Å². The van der Waals surface area contributed by atoms with E-state index < -0.39 is 0 Å². The summed E-state index contributed by atoms with van der Waals surface area (Å²) in [5.74, 6) is 0.429. The Labute approximate surface area is 67.6 Å². The fourth-order valence-corrected chi connectivity index (χ4v) is 2.50. The second-order valence-corrected chi connectivity index (χ2v) is 4.36. The Morgan fingerprint density at radius 3 is 2.82 bits per heavy atom. The van der Waals surface area contributed by atoms with Crippen molar-refractivity contribution in [3.63, 3.8) is 0 Å². The molecule has 1 saturated heterocycles. The topological polar surface area (TPSA) is 29.5 Å². The molecule has 0 bridgehead atoms. The zero-order chi connectivity index (χ0) is 8.06. The monoisotopic (exact) mass is 156 g/mol. The predicted octanol–water partition coefficient (Wildman–Crippen LogP) is 1.18. The molecule has 0 radical (unpaired) electrons. The van der Waals surface area contributed by atoms with Gasteiger partial charge in [0.2, 0.25) is 0 Å². The minimum absolute atomic E-state index is 0.00505. The first-order chi connectivity index (χ1) is 5.14. The van der Waals surface area contributed by atoms with E-state index in [1.54, 1.807) is 0 Å². The van der Waals surface area contributed by atoms with Crippen LogP contribution in [0.4, 0.5) is 0 Å². The van der Waals surface area contributed by atoms with Crippen LogP contribution in [0, 0.1) is 11.3 Å². The zero-order valence-electron chi connectivity index (χ0n) is 7.21. The first-order valence-electron chi connectivity index (χ1n) is 4.43. The highest BCUT2D eigenvalue weighted by Gasteiger charge is 2.57. The molecule has 0 aromatic rings. The van der Waals surface area contributed by atoms with E-state index in [1.165, 1.54) is 0 Å². The maximum Gasteiger partial charge on any atom is 0.0703 e. The molecule has 2 fully saturated rings. The van der Waals surface area contributed by atoms with Crippen molar-refractivity contribution in [1.82, 2.24) is 0 Å². The van der Waals surface area contributed by atoms with Crippen LogP contribution in [0.2, 0.25) is 0 Å². The number of hydrogen-bond acceptors (Lipinski definition) is 2. The van der Waals surface area contributed by atoms with Crippen LogP contribution in [-0.4, -0.2) is 23.9 Å². The summed E-state index contributed by atoms with van der Waals surface area (Å²) in [5, 5.41) is 9.69. The molecule has 2 nitrogen and oxygen atoms in total. The number of fused-ring (bicyclic) bond motifs is 1. The van der Waals surface area contributed by atoms with Gasteiger partial charge in [-0.2, -0.15) is 0 Å². The van der Waals surface area contributed by atoms with Crippen molar-refractivity contribution in [2.24, 2.45) is 11.3 Å². The van der Waals surface area contributed by atoms with E-state index in [0.29, 0.717) is 12.0 Å². The van der Waals surface area contributed by atoms with Gasteiger partial charge in [0.15, 0.2) is 0 Å². The molecule has 1 saturated carbocycles. The second-order valence-electron chi connectivity index (χ2n) is 4.36. The molecule has 3 atom stereocenters. The van der Waals surface area contributed by atoms with Crippen LogP contribution in [-0.2, 0) is 4.74 Å². The quantitative estimate of drug-likeness (QED) is 0.570. The van der Waals surface area contributed by atoms with Crippen LogP contribution in [0.15, 0.2) is 0 Å². The van der Waals surface area contributed by atoms with Gasteiger partial charge >= 0.3 is 0 Å². The Bertz CT molecular complexity index is 165. The van der Waals surface area contributed by atoms with E-state index in [1.807, 2.05) is 0 Å². The summed E-state index contributed by atoms with van der Waals surface area (Å²) in [6.07, 6.45) is 2.46. The van der Waals surface area contributed by atoms with E-state index in [-0.39, 0.29) is 11.5 Å². The molecule has 3 unspecified atom stereocenters. The van der Waals surface area contributed by atoms with Gasteiger partial charge in [-0.15, -0.1) is 0 Å². The number of aliphatic hydroxyl groups excluding tert-OH is 1. The maximum atomic E-state index is 9.69. The lowest BCUT2D eigenvalue weighted by Gasteiger charge is -2.57. The second kappa shape index (κ2) is 2.20. The van der Waals surface area contributed by atoms with Crippen molar-refractivity contribution in [2.75, 3.05) is 6.61 Å². The lowest BCUT2D eigenvalue weighted by Crippen LogP contribution is -2.64. The maximum absolute atomic E-state index is 9.69. The highest BCUT2D eigenvalue weighted by Crippen LogP contribution is 2.50. The van der Waals surface area contributed by atoms with Gasteiger partial charge in [-0.3, -0.25) is 0 Å². The van der Waals surface area contributed by atoms with Crippen LogP contribution >= 0.6 is 0 Å². The first kappa shape index (κ1) is 7.56. The van der Waals surface area contributed by atoms with Crippen molar-refractivity contribution in [3.8, 4) is 0 Å².